The molecule has 0 radical (unpaired) electrons. The second-order valence-electron chi connectivity index (χ2n) is 2.72. The van der Waals surface area contributed by atoms with E-state index < -0.39 is 0 Å². The fourth-order valence-electron chi connectivity index (χ4n) is 1.22. The number of hydrogen-bond acceptors (Lipinski definition) is 2. The van der Waals surface area contributed by atoms with Crippen LogP contribution in [0.2, 0.25) is 0 Å². The molecule has 1 unspecified atom stereocenters. The van der Waals surface area contributed by atoms with E-state index in [2.05, 4.69) is 51.9 Å². The molecule has 3 heteroatoms. The first-order chi connectivity index (χ1) is 5.27. The summed E-state index contributed by atoms with van der Waals surface area (Å²) in [4.78, 5) is 0.248. The van der Waals surface area contributed by atoms with E-state index in [-0.39, 0.29) is 4.95 Å². The Morgan fingerprint density at radius 2 is 2.27 bits per heavy atom. The van der Waals surface area contributed by atoms with Crippen molar-refractivity contribution in [2.24, 2.45) is 0 Å². The third-order valence-corrected chi connectivity index (χ3v) is 2.54. The van der Waals surface area contributed by atoms with Gasteiger partial charge >= 0.3 is 0 Å². The van der Waals surface area contributed by atoms with E-state index in [4.69, 9.17) is 0 Å². The summed E-state index contributed by atoms with van der Waals surface area (Å²) in [6.45, 7) is 2.09. The van der Waals surface area contributed by atoms with Gasteiger partial charge in [0.15, 0.2) is 0 Å². The Labute approximate surface area is 74.1 Å². The summed E-state index contributed by atoms with van der Waals surface area (Å²) in [7, 11) is 0. The van der Waals surface area contributed by atoms with Gasteiger partial charge in [0.05, 0.1) is 5.69 Å². The van der Waals surface area contributed by atoms with Crippen LogP contribution in [-0.2, 0) is 0 Å². The zero-order valence-corrected chi connectivity index (χ0v) is 7.77. The van der Waals surface area contributed by atoms with E-state index in [9.17, 15) is 0 Å². The number of hydrogen-bond donors (Lipinski definition) is 2. The van der Waals surface area contributed by atoms with Crippen molar-refractivity contribution in [1.82, 2.24) is 5.43 Å². The van der Waals surface area contributed by atoms with E-state index in [1.54, 1.807) is 0 Å². The van der Waals surface area contributed by atoms with E-state index in [0.29, 0.717) is 0 Å². The fourth-order valence-corrected chi connectivity index (χ4v) is 1.73. The van der Waals surface area contributed by atoms with E-state index >= 15 is 0 Å². The summed E-state index contributed by atoms with van der Waals surface area (Å²) in [6, 6.07) is 6.36. The fraction of sp³-hybridized carbons (Fsp3) is 0.250. The Balaban J connectivity index is 2.50. The quantitative estimate of drug-likeness (QED) is 0.510. The minimum absolute atomic E-state index is 0.248. The SMILES string of the molecule is Cc1ccc2c(c1)NNC2Br. The maximum atomic E-state index is 3.49. The lowest BCUT2D eigenvalue weighted by Gasteiger charge is -1.99. The standard InChI is InChI=1S/C8H9BrN2/c1-5-2-3-6-7(4-5)10-11-8(6)9/h2-4,8,10-11H,1H3. The van der Waals surface area contributed by atoms with Gasteiger partial charge in [-0.2, -0.15) is 0 Å². The minimum atomic E-state index is 0.248. The van der Waals surface area contributed by atoms with Gasteiger partial charge in [-0.1, -0.05) is 28.1 Å². The first-order valence-electron chi connectivity index (χ1n) is 3.53. The lowest BCUT2D eigenvalue weighted by molar-refractivity contribution is 0.850. The molecule has 0 saturated heterocycles. The summed E-state index contributed by atoms with van der Waals surface area (Å²) in [6.07, 6.45) is 0. The average Bonchev–Trinajstić information content (AvgIpc) is 2.32. The van der Waals surface area contributed by atoms with Crippen molar-refractivity contribution >= 4 is 21.6 Å². The second kappa shape index (κ2) is 2.50. The largest absolute Gasteiger partial charge is 0.320 e. The van der Waals surface area contributed by atoms with Crippen molar-refractivity contribution in [3.05, 3.63) is 29.3 Å². The predicted molar refractivity (Wildman–Crippen MR) is 49.6 cm³/mol. The number of benzene rings is 1. The monoisotopic (exact) mass is 212 g/mol. The van der Waals surface area contributed by atoms with Crippen LogP contribution < -0.4 is 10.9 Å². The van der Waals surface area contributed by atoms with Crippen LogP contribution in [0.3, 0.4) is 0 Å². The van der Waals surface area contributed by atoms with E-state index in [0.717, 1.165) is 0 Å². The Bertz CT molecular complexity index is 285. The van der Waals surface area contributed by atoms with Crippen LogP contribution in [0.5, 0.6) is 0 Å². The second-order valence-corrected chi connectivity index (χ2v) is 3.64. The van der Waals surface area contributed by atoms with Gasteiger partial charge in [-0.15, -0.1) is 0 Å². The van der Waals surface area contributed by atoms with Gasteiger partial charge in [0.2, 0.25) is 0 Å². The van der Waals surface area contributed by atoms with Crippen LogP contribution in [0, 0.1) is 6.92 Å². The predicted octanol–water partition coefficient (Wildman–Crippen LogP) is 2.32. The van der Waals surface area contributed by atoms with Crippen LogP contribution in [0.15, 0.2) is 18.2 Å². The van der Waals surface area contributed by atoms with Crippen LogP contribution in [0.4, 0.5) is 5.69 Å². The number of fused-ring (bicyclic) bond motifs is 1. The highest BCUT2D eigenvalue weighted by Crippen LogP contribution is 2.32. The topological polar surface area (TPSA) is 24.1 Å². The molecule has 1 aliphatic rings. The molecular weight excluding hydrogens is 204 g/mol. The zero-order chi connectivity index (χ0) is 7.84. The maximum Gasteiger partial charge on any atom is 0.108 e. The Kier molecular flexibility index (Phi) is 1.62. The van der Waals surface area contributed by atoms with E-state index in [1.165, 1.54) is 16.8 Å². The number of alkyl halides is 1. The zero-order valence-electron chi connectivity index (χ0n) is 6.19. The van der Waals surface area contributed by atoms with Crippen LogP contribution in [0.1, 0.15) is 16.1 Å². The highest BCUT2D eigenvalue weighted by molar-refractivity contribution is 9.09. The number of hydrazine groups is 1. The molecule has 0 aromatic heterocycles. The number of halogens is 1. The maximum absolute atomic E-state index is 3.49. The highest BCUT2D eigenvalue weighted by Gasteiger charge is 2.17. The number of aryl methyl sites for hydroxylation is 1. The molecule has 0 bridgehead atoms. The molecule has 2 N–H and O–H groups in total. The van der Waals surface area contributed by atoms with Gasteiger partial charge in [-0.3, -0.25) is 0 Å². The summed E-state index contributed by atoms with van der Waals surface area (Å²) >= 11 is 3.49. The molecule has 0 saturated carbocycles. The molecule has 2 rings (SSSR count). The molecule has 0 amide bonds. The normalized spacial score (nSPS) is 21.1. The summed E-state index contributed by atoms with van der Waals surface area (Å²) in [5.74, 6) is 0. The van der Waals surface area contributed by atoms with Crippen molar-refractivity contribution in [3.8, 4) is 0 Å². The van der Waals surface area contributed by atoms with Crippen molar-refractivity contribution in [2.75, 3.05) is 5.43 Å². The molecule has 1 aliphatic heterocycles. The lowest BCUT2D eigenvalue weighted by Crippen LogP contribution is -2.13. The molecule has 2 nitrogen and oxygen atoms in total. The molecule has 11 heavy (non-hydrogen) atoms. The highest BCUT2D eigenvalue weighted by atomic mass is 79.9. The third-order valence-electron chi connectivity index (χ3n) is 1.82. The van der Waals surface area contributed by atoms with E-state index in [1.807, 2.05) is 0 Å². The van der Waals surface area contributed by atoms with Gasteiger partial charge in [-0.05, 0) is 18.6 Å². The molecule has 58 valence electrons. The smallest absolute Gasteiger partial charge is 0.108 e. The summed E-state index contributed by atoms with van der Waals surface area (Å²) in [5, 5.41) is 0. The number of nitrogens with one attached hydrogen (secondary N) is 2. The Hall–Kier alpha value is -0.540. The van der Waals surface area contributed by atoms with Crippen molar-refractivity contribution in [1.29, 1.82) is 0 Å². The average molecular weight is 213 g/mol. The molecule has 0 aliphatic carbocycles. The summed E-state index contributed by atoms with van der Waals surface area (Å²) in [5.41, 5.74) is 9.90. The molecule has 1 heterocycles. The van der Waals surface area contributed by atoms with Gasteiger partial charge in [-0.25, -0.2) is 5.43 Å². The van der Waals surface area contributed by atoms with Gasteiger partial charge < -0.3 is 5.43 Å². The molecule has 1 aromatic rings. The van der Waals surface area contributed by atoms with Gasteiger partial charge in [0.1, 0.15) is 4.95 Å². The first-order valence-corrected chi connectivity index (χ1v) is 4.45. The minimum Gasteiger partial charge on any atom is -0.320 e. The summed E-state index contributed by atoms with van der Waals surface area (Å²) < 4.78 is 0. The molecule has 0 spiro atoms. The Morgan fingerprint density at radius 1 is 1.45 bits per heavy atom. The van der Waals surface area contributed by atoms with Crippen molar-refractivity contribution in [3.63, 3.8) is 0 Å². The van der Waals surface area contributed by atoms with Crippen LogP contribution >= 0.6 is 15.9 Å². The molecule has 1 atom stereocenters. The molecule has 1 aromatic carbocycles. The van der Waals surface area contributed by atoms with Gasteiger partial charge in [0.25, 0.3) is 0 Å². The van der Waals surface area contributed by atoms with Crippen molar-refractivity contribution in [2.45, 2.75) is 11.9 Å². The number of anilines is 1. The molecular formula is C8H9BrN2. The first kappa shape index (κ1) is 7.13. The lowest BCUT2D eigenvalue weighted by atomic mass is 10.1. The van der Waals surface area contributed by atoms with Crippen molar-refractivity contribution < 1.29 is 0 Å². The number of rotatable bonds is 0. The van der Waals surface area contributed by atoms with Crippen LogP contribution in [0.25, 0.3) is 0 Å². The Morgan fingerprint density at radius 3 is 3.09 bits per heavy atom. The van der Waals surface area contributed by atoms with Crippen LogP contribution in [-0.4, -0.2) is 0 Å². The molecule has 0 fully saturated rings. The van der Waals surface area contributed by atoms with Gasteiger partial charge in [0, 0.05) is 5.56 Å². The third kappa shape index (κ3) is 1.14.